The number of carbonyl (C=O) groups is 4. The van der Waals surface area contributed by atoms with Gasteiger partial charge in [0.25, 0.3) is 23.6 Å². The second-order valence-corrected chi connectivity index (χ2v) is 13.5. The summed E-state index contributed by atoms with van der Waals surface area (Å²) in [7, 11) is 0. The van der Waals surface area contributed by atoms with Crippen molar-refractivity contribution >= 4 is 23.6 Å². The summed E-state index contributed by atoms with van der Waals surface area (Å²) in [6, 6.07) is 19.1. The van der Waals surface area contributed by atoms with Gasteiger partial charge in [0.2, 0.25) is 0 Å². The number of amides is 4. The van der Waals surface area contributed by atoms with Crippen LogP contribution in [0.1, 0.15) is 120 Å². The van der Waals surface area contributed by atoms with Crippen LogP contribution in [-0.4, -0.2) is 23.6 Å². The second kappa shape index (κ2) is 12.2. The molecule has 0 radical (unpaired) electrons. The van der Waals surface area contributed by atoms with Gasteiger partial charge in [-0.25, -0.2) is 0 Å². The first-order valence-corrected chi connectivity index (χ1v) is 13.9. The molecule has 4 amide bonds. The molecule has 3 aromatic carbocycles. The summed E-state index contributed by atoms with van der Waals surface area (Å²) in [6.45, 7) is 18.4. The van der Waals surface area contributed by atoms with Gasteiger partial charge in [-0.3, -0.25) is 40.9 Å². The van der Waals surface area contributed by atoms with E-state index in [2.05, 4.69) is 63.2 Å². The fraction of sp³-hybridized carbons (Fsp3) is 0.353. The number of rotatable bonds is 4. The third-order valence-electron chi connectivity index (χ3n) is 6.93. The van der Waals surface area contributed by atoms with E-state index in [1.807, 2.05) is 45.0 Å². The molecule has 8 heteroatoms. The Balaban J connectivity index is 1.71. The van der Waals surface area contributed by atoms with Crippen LogP contribution >= 0.6 is 0 Å². The third-order valence-corrected chi connectivity index (χ3v) is 6.93. The van der Waals surface area contributed by atoms with Crippen molar-refractivity contribution in [3.63, 3.8) is 0 Å². The van der Waals surface area contributed by atoms with Crippen molar-refractivity contribution in [3.05, 3.63) is 106 Å². The summed E-state index contributed by atoms with van der Waals surface area (Å²) in [4.78, 5) is 51.4. The standard InChI is InChI=1S/C34H42N4O4/c1-32(2,3)25-14-10-21(11-15-25)28(39)35-37-30(41)23-18-24(20-27(19-23)34(7,8)9)31(42)38-36-29(40)22-12-16-26(17-13-22)33(4,5)6/h10-20H,1-9H3,(H,35,39)(H,36,40)(H,37,41)(H,38,42). The summed E-state index contributed by atoms with van der Waals surface area (Å²) < 4.78 is 0. The number of hydrazine groups is 2. The van der Waals surface area contributed by atoms with Gasteiger partial charge in [-0.15, -0.1) is 0 Å². The van der Waals surface area contributed by atoms with E-state index in [-0.39, 0.29) is 27.4 Å². The zero-order chi connectivity index (χ0) is 31.5. The fourth-order valence-corrected chi connectivity index (χ4v) is 4.08. The van der Waals surface area contributed by atoms with Crippen molar-refractivity contribution in [1.82, 2.24) is 21.7 Å². The van der Waals surface area contributed by atoms with Crippen LogP contribution in [0.15, 0.2) is 66.7 Å². The molecule has 3 rings (SSSR count). The lowest BCUT2D eigenvalue weighted by atomic mass is 9.85. The molecule has 4 N–H and O–H groups in total. The Kier molecular flexibility index (Phi) is 9.30. The van der Waals surface area contributed by atoms with Gasteiger partial charge in [-0.05, 0) is 75.4 Å². The zero-order valence-corrected chi connectivity index (χ0v) is 26.0. The molecule has 0 unspecified atom stereocenters. The van der Waals surface area contributed by atoms with Crippen molar-refractivity contribution in [1.29, 1.82) is 0 Å². The monoisotopic (exact) mass is 570 g/mol. The van der Waals surface area contributed by atoms with Crippen molar-refractivity contribution in [2.45, 2.75) is 78.6 Å². The quantitative estimate of drug-likeness (QED) is 0.300. The Hall–Kier alpha value is -4.46. The van der Waals surface area contributed by atoms with Crippen LogP contribution in [0.5, 0.6) is 0 Å². The third kappa shape index (κ3) is 8.28. The van der Waals surface area contributed by atoms with E-state index in [0.717, 1.165) is 16.7 Å². The first-order chi connectivity index (χ1) is 19.4. The highest BCUT2D eigenvalue weighted by molar-refractivity contribution is 6.03. The van der Waals surface area contributed by atoms with Crippen LogP contribution in [0.2, 0.25) is 0 Å². The molecule has 0 fully saturated rings. The smallest absolute Gasteiger partial charge is 0.267 e. The summed E-state index contributed by atoms with van der Waals surface area (Å²) in [5.41, 5.74) is 13.3. The molecule has 42 heavy (non-hydrogen) atoms. The summed E-state index contributed by atoms with van der Waals surface area (Å²) in [5.74, 6) is -2.10. The van der Waals surface area contributed by atoms with Gasteiger partial charge < -0.3 is 0 Å². The van der Waals surface area contributed by atoms with Crippen molar-refractivity contribution < 1.29 is 19.2 Å². The average Bonchev–Trinajstić information content (AvgIpc) is 2.92. The molecule has 0 spiro atoms. The molecule has 0 bridgehead atoms. The highest BCUT2D eigenvalue weighted by atomic mass is 16.2. The fourth-order valence-electron chi connectivity index (χ4n) is 4.08. The van der Waals surface area contributed by atoms with E-state index in [0.29, 0.717) is 11.1 Å². The van der Waals surface area contributed by atoms with E-state index in [9.17, 15) is 19.2 Å². The maximum Gasteiger partial charge on any atom is 0.269 e. The average molecular weight is 571 g/mol. The van der Waals surface area contributed by atoms with Gasteiger partial charge in [0.1, 0.15) is 0 Å². The van der Waals surface area contributed by atoms with Gasteiger partial charge in [0.05, 0.1) is 0 Å². The van der Waals surface area contributed by atoms with Gasteiger partial charge in [0, 0.05) is 22.3 Å². The largest absolute Gasteiger partial charge is 0.269 e. The number of nitrogens with one attached hydrogen (secondary N) is 4. The Morgan fingerprint density at radius 2 is 0.643 bits per heavy atom. The first-order valence-electron chi connectivity index (χ1n) is 13.9. The second-order valence-electron chi connectivity index (χ2n) is 13.5. The van der Waals surface area contributed by atoms with Gasteiger partial charge in [-0.2, -0.15) is 0 Å². The lowest BCUT2D eigenvalue weighted by Gasteiger charge is -2.21. The van der Waals surface area contributed by atoms with Gasteiger partial charge >= 0.3 is 0 Å². The molecule has 0 heterocycles. The minimum Gasteiger partial charge on any atom is -0.267 e. The Morgan fingerprint density at radius 1 is 0.381 bits per heavy atom. The van der Waals surface area contributed by atoms with Crippen LogP contribution in [0, 0.1) is 0 Å². The highest BCUT2D eigenvalue weighted by Crippen LogP contribution is 2.25. The summed E-state index contributed by atoms with van der Waals surface area (Å²) in [6.07, 6.45) is 0. The predicted octanol–water partition coefficient (Wildman–Crippen LogP) is 5.73. The molecule has 222 valence electrons. The molecule has 0 aromatic heterocycles. The Labute approximate surface area is 248 Å². The number of carbonyl (C=O) groups excluding carboxylic acids is 4. The normalized spacial score (nSPS) is 11.8. The van der Waals surface area contributed by atoms with Crippen molar-refractivity contribution in [2.75, 3.05) is 0 Å². The lowest BCUT2D eigenvalue weighted by Crippen LogP contribution is -2.43. The molecular formula is C34H42N4O4. The van der Waals surface area contributed by atoms with E-state index >= 15 is 0 Å². The molecule has 0 atom stereocenters. The molecule has 0 aliphatic heterocycles. The Bertz CT molecular complexity index is 1370. The Morgan fingerprint density at radius 3 is 0.905 bits per heavy atom. The summed E-state index contributed by atoms with van der Waals surface area (Å²) >= 11 is 0. The molecule has 0 aliphatic rings. The topological polar surface area (TPSA) is 116 Å². The van der Waals surface area contributed by atoms with Gasteiger partial charge in [0.15, 0.2) is 0 Å². The zero-order valence-electron chi connectivity index (χ0n) is 26.0. The molecular weight excluding hydrogens is 528 g/mol. The highest BCUT2D eigenvalue weighted by Gasteiger charge is 2.21. The molecule has 0 saturated heterocycles. The van der Waals surface area contributed by atoms with E-state index in [1.54, 1.807) is 36.4 Å². The van der Waals surface area contributed by atoms with E-state index in [4.69, 9.17) is 0 Å². The molecule has 3 aromatic rings. The SMILES string of the molecule is CC(C)(C)c1ccc(C(=O)NNC(=O)c2cc(C(=O)NNC(=O)c3ccc(C(C)(C)C)cc3)cc(C(C)(C)C)c2)cc1. The van der Waals surface area contributed by atoms with Crippen LogP contribution < -0.4 is 21.7 Å². The number of hydrogen-bond acceptors (Lipinski definition) is 4. The summed E-state index contributed by atoms with van der Waals surface area (Å²) in [5, 5.41) is 0. The maximum absolute atomic E-state index is 13.0. The van der Waals surface area contributed by atoms with Crippen LogP contribution in [0.3, 0.4) is 0 Å². The predicted molar refractivity (Wildman–Crippen MR) is 165 cm³/mol. The molecule has 0 aliphatic carbocycles. The lowest BCUT2D eigenvalue weighted by molar-refractivity contribution is 0.0842. The first kappa shape index (κ1) is 32.1. The van der Waals surface area contributed by atoms with Crippen LogP contribution in [0.4, 0.5) is 0 Å². The van der Waals surface area contributed by atoms with Crippen molar-refractivity contribution in [2.24, 2.45) is 0 Å². The molecule has 8 nitrogen and oxygen atoms in total. The van der Waals surface area contributed by atoms with Crippen LogP contribution in [0.25, 0.3) is 0 Å². The maximum atomic E-state index is 13.0. The van der Waals surface area contributed by atoms with Crippen molar-refractivity contribution in [3.8, 4) is 0 Å². The molecule has 0 saturated carbocycles. The van der Waals surface area contributed by atoms with E-state index < -0.39 is 23.6 Å². The number of benzene rings is 3. The van der Waals surface area contributed by atoms with Gasteiger partial charge in [-0.1, -0.05) is 86.6 Å². The number of hydrogen-bond donors (Lipinski definition) is 4. The minimum atomic E-state index is -0.585. The van der Waals surface area contributed by atoms with E-state index in [1.165, 1.54) is 6.07 Å². The minimum absolute atomic E-state index is 0.0498. The van der Waals surface area contributed by atoms with Crippen LogP contribution in [-0.2, 0) is 16.2 Å².